The van der Waals surface area contributed by atoms with E-state index in [4.69, 9.17) is 14.1 Å². The van der Waals surface area contributed by atoms with Crippen molar-refractivity contribution in [1.82, 2.24) is 9.97 Å². The van der Waals surface area contributed by atoms with E-state index in [1.165, 1.54) is 20.7 Å². The second kappa shape index (κ2) is 12.2. The second-order valence-electron chi connectivity index (χ2n) is 13.0. The number of aromatic nitrogens is 2. The maximum absolute atomic E-state index is 6.72. The summed E-state index contributed by atoms with van der Waals surface area (Å²) in [5.41, 5.74) is 5.70. The van der Waals surface area contributed by atoms with E-state index in [1.807, 2.05) is 73.1 Å². The number of pyridine rings is 2. The lowest BCUT2D eigenvalue weighted by atomic mass is 10.1. The summed E-state index contributed by atoms with van der Waals surface area (Å²) in [5.74, 6) is 2.29. The first-order valence-corrected chi connectivity index (χ1v) is 19.4. The highest BCUT2D eigenvalue weighted by atomic mass is 28.3. The standard InChI is InChI=1S/C46H31N3O2Si/c1-3-16-35(17-4-1)52(36-18-5-2-6-19-36)42-26-24-34(50-33-15-13-14-32(30-33)38-21-9-11-28-47-38)31-39(42)49(44-23-10-12-29-48-44)46-43(52)27-25-41-45(46)37-20-7-8-22-40(37)51-41/h1-31H. The molecule has 4 heterocycles. The zero-order valence-corrected chi connectivity index (χ0v) is 29.1. The molecule has 246 valence electrons. The molecule has 0 fully saturated rings. The van der Waals surface area contributed by atoms with Gasteiger partial charge in [0.25, 0.3) is 0 Å². The van der Waals surface area contributed by atoms with Crippen LogP contribution < -0.4 is 30.4 Å². The molecule has 0 radical (unpaired) electrons. The van der Waals surface area contributed by atoms with Crippen LogP contribution in [-0.4, -0.2) is 18.0 Å². The van der Waals surface area contributed by atoms with Crippen molar-refractivity contribution in [2.75, 3.05) is 4.90 Å². The summed E-state index contributed by atoms with van der Waals surface area (Å²) in [6, 6.07) is 61.6. The van der Waals surface area contributed by atoms with Gasteiger partial charge in [0.1, 0.15) is 28.5 Å². The fourth-order valence-corrected chi connectivity index (χ4v) is 13.0. The molecule has 6 aromatic carbocycles. The molecule has 3 aromatic heterocycles. The van der Waals surface area contributed by atoms with Gasteiger partial charge in [0.2, 0.25) is 0 Å². The maximum Gasteiger partial charge on any atom is 0.184 e. The molecule has 1 aliphatic rings. The number of anilines is 3. The van der Waals surface area contributed by atoms with Gasteiger partial charge in [-0.2, -0.15) is 0 Å². The Hall–Kier alpha value is -6.76. The summed E-state index contributed by atoms with van der Waals surface area (Å²) in [4.78, 5) is 11.9. The van der Waals surface area contributed by atoms with Gasteiger partial charge < -0.3 is 9.15 Å². The summed E-state index contributed by atoms with van der Waals surface area (Å²) in [6.07, 6.45) is 3.67. The van der Waals surface area contributed by atoms with Crippen LogP contribution in [0.3, 0.4) is 0 Å². The zero-order valence-electron chi connectivity index (χ0n) is 28.1. The summed E-state index contributed by atoms with van der Waals surface area (Å²) in [6.45, 7) is 0. The van der Waals surface area contributed by atoms with Crippen molar-refractivity contribution in [3.63, 3.8) is 0 Å². The first kappa shape index (κ1) is 30.1. The van der Waals surface area contributed by atoms with E-state index in [2.05, 4.69) is 125 Å². The quantitative estimate of drug-likeness (QED) is 0.164. The number of para-hydroxylation sites is 1. The predicted molar refractivity (Wildman–Crippen MR) is 213 cm³/mol. The number of hydrogen-bond donors (Lipinski definition) is 0. The molecule has 52 heavy (non-hydrogen) atoms. The van der Waals surface area contributed by atoms with Crippen LogP contribution in [0.25, 0.3) is 33.2 Å². The normalized spacial score (nSPS) is 13.1. The summed E-state index contributed by atoms with van der Waals surface area (Å²) >= 11 is 0. The minimum Gasteiger partial charge on any atom is -0.457 e. The van der Waals surface area contributed by atoms with Crippen LogP contribution in [0.5, 0.6) is 11.5 Å². The number of ether oxygens (including phenoxy) is 1. The van der Waals surface area contributed by atoms with Crippen LogP contribution in [0.4, 0.5) is 17.2 Å². The molecule has 10 rings (SSSR count). The first-order valence-electron chi connectivity index (χ1n) is 17.4. The Labute approximate surface area is 302 Å². The number of rotatable bonds is 6. The highest BCUT2D eigenvalue weighted by Gasteiger charge is 2.50. The number of fused-ring (bicyclic) bond motifs is 6. The van der Waals surface area contributed by atoms with Gasteiger partial charge in [0, 0.05) is 29.4 Å². The summed E-state index contributed by atoms with van der Waals surface area (Å²) in [7, 11) is -2.97. The smallest absolute Gasteiger partial charge is 0.184 e. The van der Waals surface area contributed by atoms with Gasteiger partial charge in [-0.25, -0.2) is 4.98 Å². The molecule has 0 bridgehead atoms. The topological polar surface area (TPSA) is 51.4 Å². The number of furan rings is 1. The monoisotopic (exact) mass is 685 g/mol. The van der Waals surface area contributed by atoms with Crippen molar-refractivity contribution in [3.8, 4) is 22.8 Å². The fraction of sp³-hybridized carbons (Fsp3) is 0. The number of hydrogen-bond acceptors (Lipinski definition) is 5. The summed E-state index contributed by atoms with van der Waals surface area (Å²) in [5, 5.41) is 7.27. The summed E-state index contributed by atoms with van der Waals surface area (Å²) < 4.78 is 13.3. The van der Waals surface area contributed by atoms with Gasteiger partial charge in [0.05, 0.1) is 22.5 Å². The fourth-order valence-electron chi connectivity index (χ4n) is 7.95. The maximum atomic E-state index is 6.72. The molecule has 0 saturated carbocycles. The molecule has 0 saturated heterocycles. The van der Waals surface area contributed by atoms with Gasteiger partial charge >= 0.3 is 0 Å². The molecule has 0 unspecified atom stereocenters. The molecule has 0 spiro atoms. The highest BCUT2D eigenvalue weighted by molar-refractivity contribution is 7.21. The lowest BCUT2D eigenvalue weighted by molar-refractivity contribution is 0.483. The molecule has 0 N–H and O–H groups in total. The van der Waals surface area contributed by atoms with Crippen molar-refractivity contribution >= 4 is 68.0 Å². The zero-order chi connectivity index (χ0) is 34.5. The van der Waals surface area contributed by atoms with E-state index >= 15 is 0 Å². The van der Waals surface area contributed by atoms with Crippen LogP contribution in [0.2, 0.25) is 0 Å². The van der Waals surface area contributed by atoms with E-state index in [9.17, 15) is 0 Å². The van der Waals surface area contributed by atoms with Gasteiger partial charge in [-0.1, -0.05) is 115 Å². The lowest BCUT2D eigenvalue weighted by Gasteiger charge is -2.45. The van der Waals surface area contributed by atoms with Crippen LogP contribution in [0.1, 0.15) is 0 Å². The largest absolute Gasteiger partial charge is 0.457 e. The van der Waals surface area contributed by atoms with Gasteiger partial charge in [-0.15, -0.1) is 0 Å². The van der Waals surface area contributed by atoms with Crippen LogP contribution in [0, 0.1) is 0 Å². The Morgan fingerprint density at radius 3 is 1.96 bits per heavy atom. The van der Waals surface area contributed by atoms with E-state index in [0.29, 0.717) is 0 Å². The molecule has 6 heteroatoms. The molecular weight excluding hydrogens is 655 g/mol. The Kier molecular flexibility index (Phi) is 7.08. The first-order chi connectivity index (χ1) is 25.8. The highest BCUT2D eigenvalue weighted by Crippen LogP contribution is 2.45. The van der Waals surface area contributed by atoms with Gasteiger partial charge in [-0.3, -0.25) is 9.88 Å². The van der Waals surface area contributed by atoms with E-state index in [-0.39, 0.29) is 0 Å². The van der Waals surface area contributed by atoms with Crippen molar-refractivity contribution in [2.24, 2.45) is 0 Å². The third-order valence-electron chi connectivity index (χ3n) is 10.1. The number of nitrogens with zero attached hydrogens (tertiary/aromatic N) is 3. The Bertz CT molecular complexity index is 2680. The lowest BCUT2D eigenvalue weighted by Crippen LogP contribution is -2.77. The molecule has 0 atom stereocenters. The van der Waals surface area contributed by atoms with Gasteiger partial charge in [-0.05, 0) is 75.3 Å². The van der Waals surface area contributed by atoms with Crippen LogP contribution in [0.15, 0.2) is 193 Å². The van der Waals surface area contributed by atoms with E-state index in [0.717, 1.165) is 61.9 Å². The van der Waals surface area contributed by atoms with Gasteiger partial charge in [0.15, 0.2) is 8.07 Å². The molecule has 9 aromatic rings. The minimum atomic E-state index is -2.97. The van der Waals surface area contributed by atoms with Crippen LogP contribution >= 0.6 is 0 Å². The molecule has 1 aliphatic heterocycles. The molecule has 0 amide bonds. The van der Waals surface area contributed by atoms with E-state index < -0.39 is 8.07 Å². The number of benzene rings is 6. The predicted octanol–water partition coefficient (Wildman–Crippen LogP) is 9.00. The van der Waals surface area contributed by atoms with Crippen molar-refractivity contribution < 1.29 is 9.15 Å². The van der Waals surface area contributed by atoms with Crippen LogP contribution in [-0.2, 0) is 0 Å². The molecule has 5 nitrogen and oxygen atoms in total. The minimum absolute atomic E-state index is 0.731. The molecule has 0 aliphatic carbocycles. The van der Waals surface area contributed by atoms with Crippen molar-refractivity contribution in [1.29, 1.82) is 0 Å². The average molecular weight is 686 g/mol. The Morgan fingerprint density at radius 2 is 1.21 bits per heavy atom. The Balaban J connectivity index is 1.29. The second-order valence-corrected chi connectivity index (χ2v) is 16.7. The van der Waals surface area contributed by atoms with Crippen molar-refractivity contribution in [2.45, 2.75) is 0 Å². The SMILES string of the molecule is c1ccc([Si]2(c3ccccc3)c3ccc(Oc4cccc(-c5ccccn5)c4)cc3N(c3ccccn3)c3c2ccc2oc4ccccc4c32)cc1. The van der Waals surface area contributed by atoms with E-state index in [1.54, 1.807) is 0 Å². The van der Waals surface area contributed by atoms with Crippen molar-refractivity contribution in [3.05, 3.63) is 188 Å². The molecular formula is C46H31N3O2Si. The third-order valence-corrected chi connectivity index (χ3v) is 14.9. The third kappa shape index (κ3) is 4.69. The average Bonchev–Trinajstić information content (AvgIpc) is 3.60. The Morgan fingerprint density at radius 1 is 0.519 bits per heavy atom.